The van der Waals surface area contributed by atoms with Gasteiger partial charge < -0.3 is 5.11 Å². The topological polar surface area (TPSA) is 26.7 Å². The Labute approximate surface area is 205 Å². The number of halogens is 2. The van der Waals surface area contributed by atoms with Gasteiger partial charge in [0, 0.05) is 48.4 Å². The van der Waals surface area contributed by atoms with Gasteiger partial charge in [0.2, 0.25) is 0 Å². The van der Waals surface area contributed by atoms with Gasteiger partial charge >= 0.3 is 0 Å². The summed E-state index contributed by atoms with van der Waals surface area (Å²) in [6, 6.07) is 25.6. The first-order valence-electron chi connectivity index (χ1n) is 10.9. The van der Waals surface area contributed by atoms with Crippen LogP contribution in [0.25, 0.3) is 0 Å². The van der Waals surface area contributed by atoms with Crippen LogP contribution in [0.4, 0.5) is 0 Å². The number of thioether (sulfide) groups is 1. The van der Waals surface area contributed by atoms with E-state index in [-0.39, 0.29) is 12.4 Å². The first kappa shape index (κ1) is 23.6. The number of hydrogen-bond donors (Lipinski definition) is 1. The van der Waals surface area contributed by atoms with Crippen molar-refractivity contribution in [2.75, 3.05) is 32.7 Å². The van der Waals surface area contributed by atoms with E-state index in [2.05, 4.69) is 58.3 Å². The van der Waals surface area contributed by atoms with E-state index in [0.29, 0.717) is 17.6 Å². The Morgan fingerprint density at radius 2 is 1.53 bits per heavy atom. The lowest BCUT2D eigenvalue weighted by atomic mass is 9.93. The largest absolute Gasteiger partial charge is 0.387 e. The fraction of sp³-hybridized carbons (Fsp3) is 0.308. The molecule has 3 aromatic rings. The third-order valence-electron chi connectivity index (χ3n) is 6.40. The number of nitrogens with zero attached hydrogens (tertiary/aromatic N) is 2. The Kier molecular flexibility index (Phi) is 7.83. The zero-order valence-corrected chi connectivity index (χ0v) is 20.3. The summed E-state index contributed by atoms with van der Waals surface area (Å²) >= 11 is 7.93. The fourth-order valence-corrected chi connectivity index (χ4v) is 5.95. The molecular weight excluding hydrogens is 459 g/mol. The standard InChI is InChI=1S/C26H27ClN2OS.ClH/c27-21-11-9-19(10-12-21)24(30)17-28-13-15-29(16-14-28)26-22-6-2-1-5-20(22)18-31-25-8-4-3-7-23(25)26;/h1-12,24,26,30H,13-18H2;1H. The number of β-amino-alcohol motifs (C(OH)–C–C–N with tert-alkyl or cyclic N) is 1. The van der Waals surface area contributed by atoms with Crippen molar-refractivity contribution in [1.29, 1.82) is 0 Å². The molecule has 1 saturated heterocycles. The van der Waals surface area contributed by atoms with Crippen molar-refractivity contribution in [1.82, 2.24) is 9.80 Å². The highest BCUT2D eigenvalue weighted by Crippen LogP contribution is 2.42. The molecule has 2 aliphatic heterocycles. The second-order valence-electron chi connectivity index (χ2n) is 8.33. The molecule has 3 aromatic carbocycles. The van der Waals surface area contributed by atoms with Crippen LogP contribution >= 0.6 is 35.8 Å². The molecule has 32 heavy (non-hydrogen) atoms. The van der Waals surface area contributed by atoms with Gasteiger partial charge in [-0.25, -0.2) is 0 Å². The average Bonchev–Trinajstić information content (AvgIpc) is 2.97. The zero-order chi connectivity index (χ0) is 21.2. The van der Waals surface area contributed by atoms with Crippen LogP contribution in [0.2, 0.25) is 5.02 Å². The van der Waals surface area contributed by atoms with Crippen molar-refractivity contribution in [2.45, 2.75) is 22.8 Å². The van der Waals surface area contributed by atoms with Gasteiger partial charge in [-0.1, -0.05) is 66.2 Å². The quantitative estimate of drug-likeness (QED) is 0.503. The predicted molar refractivity (Wildman–Crippen MR) is 136 cm³/mol. The van der Waals surface area contributed by atoms with E-state index in [1.54, 1.807) is 0 Å². The molecule has 1 fully saturated rings. The summed E-state index contributed by atoms with van der Waals surface area (Å²) < 4.78 is 0. The maximum Gasteiger partial charge on any atom is 0.0916 e. The number of piperazine rings is 1. The van der Waals surface area contributed by atoms with Gasteiger partial charge in [0.15, 0.2) is 0 Å². The number of fused-ring (bicyclic) bond motifs is 2. The van der Waals surface area contributed by atoms with Crippen LogP contribution in [0, 0.1) is 0 Å². The predicted octanol–water partition coefficient (Wildman–Crippen LogP) is 5.81. The summed E-state index contributed by atoms with van der Waals surface area (Å²) in [4.78, 5) is 6.39. The van der Waals surface area contributed by atoms with Crippen LogP contribution in [0.5, 0.6) is 0 Å². The number of rotatable bonds is 4. The van der Waals surface area contributed by atoms with Crippen LogP contribution in [-0.4, -0.2) is 47.6 Å². The molecule has 2 aliphatic rings. The smallest absolute Gasteiger partial charge is 0.0916 e. The van der Waals surface area contributed by atoms with Gasteiger partial charge in [0.05, 0.1) is 12.1 Å². The number of benzene rings is 3. The molecule has 2 heterocycles. The Hall–Kier alpha value is -1.53. The molecule has 0 radical (unpaired) electrons. The maximum atomic E-state index is 10.7. The van der Waals surface area contributed by atoms with Crippen LogP contribution in [0.3, 0.4) is 0 Å². The van der Waals surface area contributed by atoms with Crippen LogP contribution in [-0.2, 0) is 5.75 Å². The lowest BCUT2D eigenvalue weighted by Gasteiger charge is -2.40. The fourth-order valence-electron chi connectivity index (χ4n) is 4.73. The van der Waals surface area contributed by atoms with E-state index in [0.717, 1.165) is 37.5 Å². The third-order valence-corrected chi connectivity index (χ3v) is 7.79. The SMILES string of the molecule is Cl.OC(CN1CCN(C2c3ccccc3CSc3ccccc32)CC1)c1ccc(Cl)cc1. The third kappa shape index (κ3) is 5.01. The first-order valence-corrected chi connectivity index (χ1v) is 12.2. The average molecular weight is 487 g/mol. The Balaban J connectivity index is 0.00000245. The Morgan fingerprint density at radius 3 is 2.28 bits per heavy atom. The van der Waals surface area contributed by atoms with Crippen molar-refractivity contribution in [2.24, 2.45) is 0 Å². The lowest BCUT2D eigenvalue weighted by molar-refractivity contribution is 0.0619. The highest BCUT2D eigenvalue weighted by Gasteiger charge is 2.31. The first-order chi connectivity index (χ1) is 15.2. The van der Waals surface area contributed by atoms with Gasteiger partial charge in [-0.05, 0) is 40.5 Å². The normalized spacial score (nSPS) is 19.9. The van der Waals surface area contributed by atoms with Gasteiger partial charge in [-0.2, -0.15) is 0 Å². The molecule has 0 spiro atoms. The van der Waals surface area contributed by atoms with Crippen molar-refractivity contribution in [3.05, 3.63) is 100 Å². The summed E-state index contributed by atoms with van der Waals surface area (Å²) in [5, 5.41) is 11.4. The molecule has 0 bridgehead atoms. The zero-order valence-electron chi connectivity index (χ0n) is 17.9. The molecule has 2 atom stereocenters. The highest BCUT2D eigenvalue weighted by atomic mass is 35.5. The molecule has 3 nitrogen and oxygen atoms in total. The van der Waals surface area contributed by atoms with Gasteiger partial charge in [-0.15, -0.1) is 24.2 Å². The second kappa shape index (κ2) is 10.6. The molecule has 0 amide bonds. The van der Waals surface area contributed by atoms with Gasteiger partial charge in [0.25, 0.3) is 0 Å². The molecule has 5 rings (SSSR count). The van der Waals surface area contributed by atoms with Crippen molar-refractivity contribution in [3.63, 3.8) is 0 Å². The highest BCUT2D eigenvalue weighted by molar-refractivity contribution is 7.98. The van der Waals surface area contributed by atoms with E-state index in [9.17, 15) is 5.11 Å². The minimum absolute atomic E-state index is 0. The summed E-state index contributed by atoms with van der Waals surface area (Å²) in [6.45, 7) is 4.55. The minimum Gasteiger partial charge on any atom is -0.387 e. The van der Waals surface area contributed by atoms with Crippen LogP contribution < -0.4 is 0 Å². The summed E-state index contributed by atoms with van der Waals surface area (Å²) in [5.41, 5.74) is 5.23. The number of aliphatic hydroxyl groups is 1. The molecule has 168 valence electrons. The van der Waals surface area contributed by atoms with E-state index < -0.39 is 6.10 Å². The van der Waals surface area contributed by atoms with Crippen LogP contribution in [0.15, 0.2) is 77.7 Å². The lowest BCUT2D eigenvalue weighted by Crippen LogP contribution is -2.48. The molecule has 6 heteroatoms. The van der Waals surface area contributed by atoms with Crippen LogP contribution in [0.1, 0.15) is 34.4 Å². The second-order valence-corrected chi connectivity index (χ2v) is 9.79. The van der Waals surface area contributed by atoms with E-state index >= 15 is 0 Å². The Morgan fingerprint density at radius 1 is 0.875 bits per heavy atom. The van der Waals surface area contributed by atoms with E-state index in [1.807, 2.05) is 36.0 Å². The number of hydrogen-bond acceptors (Lipinski definition) is 4. The summed E-state index contributed by atoms with van der Waals surface area (Å²) in [6.07, 6.45) is -0.487. The van der Waals surface area contributed by atoms with Crippen molar-refractivity contribution in [3.8, 4) is 0 Å². The number of aliphatic hydroxyl groups excluding tert-OH is 1. The Bertz CT molecular complexity index is 991. The molecule has 0 aliphatic carbocycles. The van der Waals surface area contributed by atoms with E-state index in [1.165, 1.54) is 21.6 Å². The maximum absolute atomic E-state index is 10.7. The summed E-state index contributed by atoms with van der Waals surface area (Å²) in [7, 11) is 0. The molecule has 2 unspecified atom stereocenters. The van der Waals surface area contributed by atoms with E-state index in [4.69, 9.17) is 11.6 Å². The van der Waals surface area contributed by atoms with Crippen molar-refractivity contribution >= 4 is 35.8 Å². The minimum atomic E-state index is -0.487. The van der Waals surface area contributed by atoms with Gasteiger partial charge in [0.1, 0.15) is 0 Å². The summed E-state index contributed by atoms with van der Waals surface area (Å²) in [5.74, 6) is 1.02. The molecule has 1 N–H and O–H groups in total. The molecule has 0 saturated carbocycles. The molecule has 0 aromatic heterocycles. The molecular formula is C26H28Cl2N2OS. The monoisotopic (exact) mass is 486 g/mol. The van der Waals surface area contributed by atoms with Gasteiger partial charge in [-0.3, -0.25) is 9.80 Å². The van der Waals surface area contributed by atoms with Crippen molar-refractivity contribution < 1.29 is 5.11 Å².